The van der Waals surface area contributed by atoms with Crippen molar-refractivity contribution in [2.45, 2.75) is 95.4 Å². The molecule has 0 amide bonds. The van der Waals surface area contributed by atoms with Gasteiger partial charge in [-0.25, -0.2) is 0 Å². The summed E-state index contributed by atoms with van der Waals surface area (Å²) < 4.78 is 24.4. The number of esters is 1. The Morgan fingerprint density at radius 2 is 1.89 bits per heavy atom. The molecule has 0 radical (unpaired) electrons. The maximum Gasteiger partial charge on any atom is 0.306 e. The number of carbonyl (C=O) groups excluding carboxylic acids is 1. The van der Waals surface area contributed by atoms with Gasteiger partial charge < -0.3 is 23.7 Å². The fourth-order valence-electron chi connectivity index (χ4n) is 4.84. The maximum atomic E-state index is 12.0. The van der Waals surface area contributed by atoms with Crippen molar-refractivity contribution in [2.75, 3.05) is 7.11 Å². The van der Waals surface area contributed by atoms with E-state index in [1.165, 1.54) is 0 Å². The van der Waals surface area contributed by atoms with Gasteiger partial charge in [0.15, 0.2) is 5.79 Å². The molecule has 0 saturated carbocycles. The Labute approximate surface area is 163 Å². The van der Waals surface area contributed by atoms with E-state index in [9.17, 15) is 9.90 Å². The monoisotopic (exact) mass is 398 g/mol. The van der Waals surface area contributed by atoms with E-state index >= 15 is 0 Å². The first kappa shape index (κ1) is 20.7. The summed E-state index contributed by atoms with van der Waals surface area (Å²) in [5.41, 5.74) is -0.436. The van der Waals surface area contributed by atoms with Crippen LogP contribution in [0.5, 0.6) is 0 Å². The Kier molecular flexibility index (Phi) is 5.67. The zero-order valence-electron chi connectivity index (χ0n) is 17.3. The molecule has 1 N–H and O–H groups in total. The van der Waals surface area contributed by atoms with Crippen molar-refractivity contribution in [3.63, 3.8) is 0 Å². The van der Waals surface area contributed by atoms with Gasteiger partial charge in [0.1, 0.15) is 17.6 Å². The van der Waals surface area contributed by atoms with Crippen LogP contribution < -0.4 is 0 Å². The van der Waals surface area contributed by atoms with Gasteiger partial charge in [-0.05, 0) is 31.5 Å². The Hall–Kier alpha value is -1.05. The van der Waals surface area contributed by atoms with E-state index < -0.39 is 19.7 Å². The molecule has 2 saturated heterocycles. The van der Waals surface area contributed by atoms with E-state index in [1.54, 1.807) is 7.11 Å². The first-order valence-electron chi connectivity index (χ1n) is 10.3. The first-order valence-corrected chi connectivity index (χ1v) is 12.8. The molecule has 4 atom stereocenters. The van der Waals surface area contributed by atoms with E-state index in [1.807, 2.05) is 6.92 Å². The third kappa shape index (κ3) is 3.78. The third-order valence-electron chi connectivity index (χ3n) is 6.93. The molecule has 0 unspecified atom stereocenters. The number of hydrogen-bond donors (Lipinski definition) is 1. The molecule has 3 rings (SSSR count). The van der Waals surface area contributed by atoms with Crippen molar-refractivity contribution >= 4 is 14.3 Å². The quantitative estimate of drug-likeness (QED) is 0.527. The summed E-state index contributed by atoms with van der Waals surface area (Å²) in [6, 6.07) is 2.91. The smallest absolute Gasteiger partial charge is 0.306 e. The highest BCUT2D eigenvalue weighted by atomic mass is 28.4. The number of ether oxygens (including phenoxy) is 3. The lowest BCUT2D eigenvalue weighted by atomic mass is 9.86. The second-order valence-corrected chi connectivity index (χ2v) is 13.2. The summed E-state index contributed by atoms with van der Waals surface area (Å²) in [7, 11) is -0.355. The SMILES string of the molecule is CC[Si](CC)(CC)O/C1=C(\O)[C@@H]2CC(=O)O[C@@H]2C[C@@]2(C)CC[C@@](OC)(C1)O2. The van der Waals surface area contributed by atoms with Gasteiger partial charge in [-0.2, -0.15) is 0 Å². The fraction of sp³-hybridized carbons (Fsp3) is 0.850. The summed E-state index contributed by atoms with van der Waals surface area (Å²) in [4.78, 5) is 12.0. The minimum absolute atomic E-state index is 0.161. The molecule has 2 fully saturated rings. The van der Waals surface area contributed by atoms with Gasteiger partial charge in [0, 0.05) is 20.0 Å². The molecule has 3 aliphatic rings. The van der Waals surface area contributed by atoms with E-state index in [4.69, 9.17) is 18.6 Å². The predicted octanol–water partition coefficient (Wildman–Crippen LogP) is 4.42. The van der Waals surface area contributed by atoms with E-state index in [-0.39, 0.29) is 30.2 Å². The molecule has 3 heterocycles. The lowest BCUT2D eigenvalue weighted by Crippen LogP contribution is -2.40. The number of carbonyl (C=O) groups is 1. The summed E-state index contributed by atoms with van der Waals surface area (Å²) in [5, 5.41) is 11.2. The maximum absolute atomic E-state index is 12.0. The Morgan fingerprint density at radius 3 is 2.48 bits per heavy atom. The standard InChI is InChI=1S/C20H34O6Si/c1-6-27(7-2,8-3)25-16-13-20(23-5)10-9-19(4,26-20)12-15-14(18(16)22)11-17(21)24-15/h14-15,22H,6-13H2,1-5H3/b18-16-/t14-,15-,19-,20+/m1/s1. The van der Waals surface area contributed by atoms with Crippen molar-refractivity contribution < 1.29 is 28.5 Å². The van der Waals surface area contributed by atoms with Crippen LogP contribution >= 0.6 is 0 Å². The molecular weight excluding hydrogens is 364 g/mol. The molecule has 7 heteroatoms. The molecule has 6 nitrogen and oxygen atoms in total. The van der Waals surface area contributed by atoms with Crippen LogP contribution in [-0.2, 0) is 23.4 Å². The van der Waals surface area contributed by atoms with Crippen LogP contribution in [0.4, 0.5) is 0 Å². The van der Waals surface area contributed by atoms with Crippen molar-refractivity contribution in [3.05, 3.63) is 11.5 Å². The largest absolute Gasteiger partial charge is 0.544 e. The molecule has 27 heavy (non-hydrogen) atoms. The van der Waals surface area contributed by atoms with E-state index in [0.717, 1.165) is 31.0 Å². The highest BCUT2D eigenvalue weighted by Crippen LogP contribution is 2.49. The molecule has 0 aromatic heterocycles. The molecular formula is C20H34O6Si. The van der Waals surface area contributed by atoms with Crippen molar-refractivity contribution in [1.82, 2.24) is 0 Å². The molecule has 3 aliphatic heterocycles. The minimum atomic E-state index is -2.01. The van der Waals surface area contributed by atoms with Crippen LogP contribution in [0.2, 0.25) is 18.1 Å². The van der Waals surface area contributed by atoms with Crippen molar-refractivity contribution in [3.8, 4) is 0 Å². The van der Waals surface area contributed by atoms with Crippen LogP contribution in [0.15, 0.2) is 11.5 Å². The zero-order chi connectivity index (χ0) is 19.9. The average Bonchev–Trinajstić information content (AvgIpc) is 3.18. The van der Waals surface area contributed by atoms with Crippen LogP contribution in [0, 0.1) is 5.92 Å². The number of hydrogen-bond acceptors (Lipinski definition) is 6. The second kappa shape index (κ2) is 7.41. The lowest BCUT2D eigenvalue weighted by molar-refractivity contribution is -0.240. The number of rotatable bonds is 6. The highest BCUT2D eigenvalue weighted by Gasteiger charge is 2.54. The van der Waals surface area contributed by atoms with Crippen LogP contribution in [-0.4, -0.2) is 44.0 Å². The van der Waals surface area contributed by atoms with Gasteiger partial charge in [0.25, 0.3) is 0 Å². The Morgan fingerprint density at radius 1 is 1.22 bits per heavy atom. The van der Waals surface area contributed by atoms with E-state index in [2.05, 4.69) is 20.8 Å². The molecule has 0 aromatic carbocycles. The fourth-order valence-corrected chi connectivity index (χ4v) is 7.47. The number of aliphatic hydroxyl groups excluding tert-OH is 1. The Balaban J connectivity index is 2.04. The van der Waals surface area contributed by atoms with Crippen LogP contribution in [0.1, 0.15) is 59.8 Å². The van der Waals surface area contributed by atoms with Gasteiger partial charge in [-0.3, -0.25) is 4.79 Å². The normalized spacial score (nSPS) is 39.4. The number of methoxy groups -OCH3 is 1. The van der Waals surface area contributed by atoms with Gasteiger partial charge in [-0.15, -0.1) is 0 Å². The number of aliphatic hydroxyl groups is 1. The molecule has 2 bridgehead atoms. The van der Waals surface area contributed by atoms with Gasteiger partial charge >= 0.3 is 5.97 Å². The zero-order valence-corrected chi connectivity index (χ0v) is 18.3. The lowest BCUT2D eigenvalue weighted by Gasteiger charge is -2.35. The highest BCUT2D eigenvalue weighted by molar-refractivity contribution is 6.73. The minimum Gasteiger partial charge on any atom is -0.544 e. The summed E-state index contributed by atoms with van der Waals surface area (Å²) in [5.74, 6) is -0.710. The summed E-state index contributed by atoms with van der Waals surface area (Å²) in [6.07, 6.45) is 2.30. The van der Waals surface area contributed by atoms with Crippen molar-refractivity contribution in [2.24, 2.45) is 5.92 Å². The third-order valence-corrected chi connectivity index (χ3v) is 11.5. The second-order valence-electron chi connectivity index (χ2n) is 8.54. The summed E-state index contributed by atoms with van der Waals surface area (Å²) >= 11 is 0. The topological polar surface area (TPSA) is 74.2 Å². The molecule has 0 aliphatic carbocycles. The molecule has 154 valence electrons. The van der Waals surface area contributed by atoms with Crippen molar-refractivity contribution in [1.29, 1.82) is 0 Å². The summed E-state index contributed by atoms with van der Waals surface area (Å²) in [6.45, 7) is 8.52. The average molecular weight is 399 g/mol. The van der Waals surface area contributed by atoms with Gasteiger partial charge in [-0.1, -0.05) is 20.8 Å². The van der Waals surface area contributed by atoms with E-state index in [0.29, 0.717) is 18.6 Å². The van der Waals surface area contributed by atoms with Gasteiger partial charge in [0.05, 0.1) is 24.4 Å². The predicted molar refractivity (Wildman–Crippen MR) is 104 cm³/mol. The van der Waals surface area contributed by atoms with Crippen LogP contribution in [0.25, 0.3) is 0 Å². The Bertz CT molecular complexity index is 607. The molecule has 0 spiro atoms. The molecule has 0 aromatic rings. The van der Waals surface area contributed by atoms with Crippen LogP contribution in [0.3, 0.4) is 0 Å². The van der Waals surface area contributed by atoms with Gasteiger partial charge in [0.2, 0.25) is 8.32 Å². The first-order chi connectivity index (χ1) is 12.7. The number of fused-ring (bicyclic) bond motifs is 3.